The molecule has 0 aliphatic rings. The first-order chi connectivity index (χ1) is 10.1. The third-order valence-corrected chi connectivity index (χ3v) is 3.69. The highest BCUT2D eigenvalue weighted by Gasteiger charge is 2.20. The van der Waals surface area contributed by atoms with Gasteiger partial charge in [-0.3, -0.25) is 14.9 Å². The molecule has 0 unspecified atom stereocenters. The van der Waals surface area contributed by atoms with E-state index in [1.165, 1.54) is 18.9 Å². The van der Waals surface area contributed by atoms with Crippen LogP contribution in [0.15, 0.2) is 24.4 Å². The topological polar surface area (TPSA) is 76.0 Å². The first kappa shape index (κ1) is 15.2. The molecule has 5 heteroatoms. The van der Waals surface area contributed by atoms with Crippen LogP contribution in [0, 0.1) is 10.1 Å². The molecule has 0 amide bonds. The van der Waals surface area contributed by atoms with Gasteiger partial charge in [-0.25, -0.2) is 0 Å². The molecule has 1 N–H and O–H groups in total. The average Bonchev–Trinajstić information content (AvgIpc) is 2.90. The molecule has 0 saturated carbocycles. The van der Waals surface area contributed by atoms with Crippen LogP contribution in [-0.2, 0) is 0 Å². The van der Waals surface area contributed by atoms with Crippen molar-refractivity contribution in [3.8, 4) is 0 Å². The molecule has 0 aliphatic carbocycles. The lowest BCUT2D eigenvalue weighted by molar-refractivity contribution is -0.383. The first-order valence-electron chi connectivity index (χ1n) is 7.42. The van der Waals surface area contributed by atoms with E-state index in [1.54, 1.807) is 18.3 Å². The molecule has 1 aromatic carbocycles. The van der Waals surface area contributed by atoms with E-state index in [4.69, 9.17) is 0 Å². The predicted molar refractivity (Wildman–Crippen MR) is 82.7 cm³/mol. The number of Topliss-reactive ketones (excluding diaryl/α,β-unsaturated/α-hetero) is 1. The molecule has 0 atom stereocenters. The second kappa shape index (κ2) is 7.02. The highest BCUT2D eigenvalue weighted by Crippen LogP contribution is 2.29. The number of benzene rings is 1. The Bertz CT molecular complexity index is 646. The van der Waals surface area contributed by atoms with Crippen LogP contribution >= 0.6 is 0 Å². The van der Waals surface area contributed by atoms with Gasteiger partial charge in [-0.1, -0.05) is 38.7 Å². The quantitative estimate of drug-likeness (QED) is 0.333. The van der Waals surface area contributed by atoms with Crippen LogP contribution in [0.4, 0.5) is 5.69 Å². The van der Waals surface area contributed by atoms with Crippen molar-refractivity contribution in [2.24, 2.45) is 0 Å². The number of ketones is 1. The van der Waals surface area contributed by atoms with Crippen molar-refractivity contribution in [1.82, 2.24) is 4.98 Å². The third kappa shape index (κ3) is 3.48. The summed E-state index contributed by atoms with van der Waals surface area (Å²) in [4.78, 5) is 25.9. The fourth-order valence-corrected chi connectivity index (χ4v) is 2.56. The summed E-state index contributed by atoms with van der Waals surface area (Å²) in [6.07, 6.45) is 7.40. The molecule has 0 radical (unpaired) electrons. The molecule has 21 heavy (non-hydrogen) atoms. The SMILES string of the molecule is CCCCCCCC(=O)c1c[nH]c2cccc([N+](=O)[O-])c12. The van der Waals surface area contributed by atoms with E-state index in [0.29, 0.717) is 22.9 Å². The summed E-state index contributed by atoms with van der Waals surface area (Å²) in [6, 6.07) is 4.81. The second-order valence-electron chi connectivity index (χ2n) is 5.25. The van der Waals surface area contributed by atoms with Crippen molar-refractivity contribution < 1.29 is 9.72 Å². The lowest BCUT2D eigenvalue weighted by Crippen LogP contribution is -1.99. The van der Waals surface area contributed by atoms with Crippen LogP contribution in [0.25, 0.3) is 10.9 Å². The molecule has 0 bridgehead atoms. The molecular formula is C16H20N2O3. The van der Waals surface area contributed by atoms with E-state index in [0.717, 1.165) is 19.3 Å². The largest absolute Gasteiger partial charge is 0.360 e. The van der Waals surface area contributed by atoms with E-state index in [1.807, 2.05) is 0 Å². The zero-order valence-electron chi connectivity index (χ0n) is 12.2. The molecule has 5 nitrogen and oxygen atoms in total. The summed E-state index contributed by atoms with van der Waals surface area (Å²) in [7, 11) is 0. The normalized spacial score (nSPS) is 10.9. The Balaban J connectivity index is 2.14. The minimum absolute atomic E-state index is 0.0110. The van der Waals surface area contributed by atoms with Crippen molar-refractivity contribution in [2.45, 2.75) is 45.4 Å². The summed E-state index contributed by atoms with van der Waals surface area (Å²) in [6.45, 7) is 2.15. The number of rotatable bonds is 8. The Morgan fingerprint density at radius 1 is 1.24 bits per heavy atom. The Hall–Kier alpha value is -2.17. The Labute approximate surface area is 123 Å². The van der Waals surface area contributed by atoms with Crippen LogP contribution in [-0.4, -0.2) is 15.7 Å². The number of nitro groups is 1. The van der Waals surface area contributed by atoms with Gasteiger partial charge in [-0.05, 0) is 12.5 Å². The van der Waals surface area contributed by atoms with Crippen molar-refractivity contribution in [1.29, 1.82) is 0 Å². The van der Waals surface area contributed by atoms with Crippen molar-refractivity contribution >= 4 is 22.4 Å². The summed E-state index contributed by atoms with van der Waals surface area (Å²) in [5, 5.41) is 11.5. The average molecular weight is 288 g/mol. The fraction of sp³-hybridized carbons (Fsp3) is 0.438. The molecule has 0 fully saturated rings. The molecule has 0 saturated heterocycles. The van der Waals surface area contributed by atoms with Gasteiger partial charge < -0.3 is 4.98 Å². The number of carbonyl (C=O) groups excluding carboxylic acids is 1. The number of aromatic amines is 1. The van der Waals surface area contributed by atoms with E-state index < -0.39 is 4.92 Å². The summed E-state index contributed by atoms with van der Waals surface area (Å²) >= 11 is 0. The number of nitrogens with zero attached hydrogens (tertiary/aromatic N) is 1. The standard InChI is InChI=1S/C16H20N2O3/c1-2-3-4-5-6-10-15(19)12-11-17-13-8-7-9-14(16(12)13)18(20)21/h7-9,11,17H,2-6,10H2,1H3. The number of nitrogens with one attached hydrogen (secondary N) is 1. The number of hydrogen-bond acceptors (Lipinski definition) is 3. The van der Waals surface area contributed by atoms with Crippen molar-refractivity contribution in [3.05, 3.63) is 40.1 Å². The van der Waals surface area contributed by atoms with E-state index in [-0.39, 0.29) is 11.5 Å². The predicted octanol–water partition coefficient (Wildman–Crippen LogP) is 4.62. The maximum Gasteiger partial charge on any atom is 0.279 e. The highest BCUT2D eigenvalue weighted by atomic mass is 16.6. The highest BCUT2D eigenvalue weighted by molar-refractivity contribution is 6.10. The molecule has 1 aromatic heterocycles. The maximum absolute atomic E-state index is 12.3. The zero-order valence-corrected chi connectivity index (χ0v) is 12.2. The number of fused-ring (bicyclic) bond motifs is 1. The molecule has 2 aromatic rings. The summed E-state index contributed by atoms with van der Waals surface area (Å²) < 4.78 is 0. The number of non-ortho nitro benzene ring substituents is 1. The first-order valence-corrected chi connectivity index (χ1v) is 7.42. The van der Waals surface area contributed by atoms with Gasteiger partial charge in [0, 0.05) is 24.2 Å². The lowest BCUT2D eigenvalue weighted by atomic mass is 10.0. The minimum atomic E-state index is -0.436. The second-order valence-corrected chi connectivity index (χ2v) is 5.25. The molecule has 0 aliphatic heterocycles. The minimum Gasteiger partial charge on any atom is -0.360 e. The Morgan fingerprint density at radius 3 is 2.71 bits per heavy atom. The van der Waals surface area contributed by atoms with Gasteiger partial charge in [0.15, 0.2) is 5.78 Å². The van der Waals surface area contributed by atoms with Gasteiger partial charge in [0.05, 0.1) is 15.8 Å². The van der Waals surface area contributed by atoms with Gasteiger partial charge in [-0.15, -0.1) is 0 Å². The zero-order chi connectivity index (χ0) is 15.2. The number of nitro benzene ring substituents is 1. The fourth-order valence-electron chi connectivity index (χ4n) is 2.56. The summed E-state index contributed by atoms with van der Waals surface area (Å²) in [5.74, 6) is -0.0213. The number of carbonyl (C=O) groups is 1. The lowest BCUT2D eigenvalue weighted by Gasteiger charge is -2.01. The van der Waals surface area contributed by atoms with Gasteiger partial charge in [-0.2, -0.15) is 0 Å². The molecule has 1 heterocycles. The monoisotopic (exact) mass is 288 g/mol. The number of aromatic nitrogens is 1. The van der Waals surface area contributed by atoms with Gasteiger partial charge in [0.2, 0.25) is 0 Å². The summed E-state index contributed by atoms with van der Waals surface area (Å²) in [5.41, 5.74) is 1.06. The van der Waals surface area contributed by atoms with Crippen molar-refractivity contribution in [2.75, 3.05) is 0 Å². The van der Waals surface area contributed by atoms with Crippen molar-refractivity contribution in [3.63, 3.8) is 0 Å². The third-order valence-electron chi connectivity index (χ3n) is 3.69. The van der Waals surface area contributed by atoms with Gasteiger partial charge in [0.1, 0.15) is 0 Å². The van der Waals surface area contributed by atoms with E-state index in [9.17, 15) is 14.9 Å². The smallest absolute Gasteiger partial charge is 0.279 e. The molecule has 0 spiro atoms. The van der Waals surface area contributed by atoms with Crippen LogP contribution < -0.4 is 0 Å². The van der Waals surface area contributed by atoms with Crippen LogP contribution in [0.2, 0.25) is 0 Å². The van der Waals surface area contributed by atoms with E-state index in [2.05, 4.69) is 11.9 Å². The van der Waals surface area contributed by atoms with E-state index >= 15 is 0 Å². The van der Waals surface area contributed by atoms with Crippen LogP contribution in [0.1, 0.15) is 55.8 Å². The van der Waals surface area contributed by atoms with Gasteiger partial charge in [0.25, 0.3) is 5.69 Å². The van der Waals surface area contributed by atoms with Gasteiger partial charge >= 0.3 is 0 Å². The number of unbranched alkanes of at least 4 members (excludes halogenated alkanes) is 4. The number of H-pyrrole nitrogens is 1. The molecule has 2 rings (SSSR count). The molecular weight excluding hydrogens is 268 g/mol. The Morgan fingerprint density at radius 2 is 2.00 bits per heavy atom. The van der Waals surface area contributed by atoms with Crippen LogP contribution in [0.3, 0.4) is 0 Å². The van der Waals surface area contributed by atoms with Crippen LogP contribution in [0.5, 0.6) is 0 Å². The Kier molecular flexibility index (Phi) is 5.09. The molecule has 112 valence electrons. The number of hydrogen-bond donors (Lipinski definition) is 1. The maximum atomic E-state index is 12.3.